The molecule has 2 N–H and O–H groups in total. The molecule has 128 valence electrons. The van der Waals surface area contributed by atoms with Crippen LogP contribution in [0.5, 0.6) is 0 Å². The highest BCUT2D eigenvalue weighted by molar-refractivity contribution is 9.10. The Hall–Kier alpha value is -3.34. The van der Waals surface area contributed by atoms with Crippen LogP contribution in [0.3, 0.4) is 0 Å². The number of carbonyl (C=O) groups is 2. The summed E-state index contributed by atoms with van der Waals surface area (Å²) in [6.07, 6.45) is 0. The maximum Gasteiger partial charge on any atom is 0.335 e. The van der Waals surface area contributed by atoms with Crippen molar-refractivity contribution in [1.29, 1.82) is 0 Å². The molecule has 2 rings (SSSR count). The van der Waals surface area contributed by atoms with E-state index in [0.717, 1.165) is 12.1 Å². The minimum atomic E-state index is -1.14. The van der Waals surface area contributed by atoms with Crippen LogP contribution in [0.15, 0.2) is 40.9 Å². The summed E-state index contributed by atoms with van der Waals surface area (Å²) in [7, 11) is 0. The minimum Gasteiger partial charge on any atom is -0.478 e. The zero-order chi connectivity index (χ0) is 18.7. The summed E-state index contributed by atoms with van der Waals surface area (Å²) < 4.78 is -0.343. The first kappa shape index (κ1) is 18.0. The second kappa shape index (κ2) is 7.05. The molecule has 0 aliphatic carbocycles. The van der Waals surface area contributed by atoms with E-state index in [-0.39, 0.29) is 21.3 Å². The molecule has 10 nitrogen and oxygen atoms in total. The number of nitro benzene ring substituents is 2. The summed E-state index contributed by atoms with van der Waals surface area (Å²) >= 11 is 2.78. The Kier molecular flexibility index (Phi) is 5.08. The highest BCUT2D eigenvalue weighted by atomic mass is 79.9. The molecule has 0 aliphatic rings. The molecule has 25 heavy (non-hydrogen) atoms. The third-order valence-electron chi connectivity index (χ3n) is 3.08. The fourth-order valence-corrected chi connectivity index (χ4v) is 2.41. The quantitative estimate of drug-likeness (QED) is 0.567. The Morgan fingerprint density at radius 2 is 1.44 bits per heavy atom. The number of halogens is 1. The molecule has 0 atom stereocenters. The van der Waals surface area contributed by atoms with E-state index in [1.54, 1.807) is 0 Å². The summed E-state index contributed by atoms with van der Waals surface area (Å²) in [4.78, 5) is 43.3. The van der Waals surface area contributed by atoms with Crippen LogP contribution in [0.25, 0.3) is 0 Å². The molecule has 0 heterocycles. The Balaban J connectivity index is 2.37. The number of benzene rings is 2. The number of nitro groups is 2. The number of carboxylic acid groups (broad SMARTS) is 1. The van der Waals surface area contributed by atoms with Gasteiger partial charge in [-0.2, -0.15) is 0 Å². The lowest BCUT2D eigenvalue weighted by molar-refractivity contribution is -0.395. The molecule has 11 heteroatoms. The molecule has 1 amide bonds. The van der Waals surface area contributed by atoms with Gasteiger partial charge in [0.2, 0.25) is 0 Å². The lowest BCUT2D eigenvalue weighted by atomic mass is 10.1. The van der Waals surface area contributed by atoms with E-state index < -0.39 is 33.1 Å². The van der Waals surface area contributed by atoms with E-state index in [9.17, 15) is 29.8 Å². The molecule has 0 radical (unpaired) electrons. The van der Waals surface area contributed by atoms with Gasteiger partial charge in [0, 0.05) is 17.8 Å². The monoisotopic (exact) mass is 409 g/mol. The summed E-state index contributed by atoms with van der Waals surface area (Å²) in [6.45, 7) is 0. The predicted molar refractivity (Wildman–Crippen MR) is 88.8 cm³/mol. The molecular weight excluding hydrogens is 402 g/mol. The first-order valence-corrected chi connectivity index (χ1v) is 7.27. The zero-order valence-electron chi connectivity index (χ0n) is 12.1. The van der Waals surface area contributed by atoms with E-state index in [4.69, 9.17) is 5.11 Å². The lowest BCUT2D eigenvalue weighted by Gasteiger charge is -2.06. The number of hydrogen-bond acceptors (Lipinski definition) is 6. The normalized spacial score (nSPS) is 10.1. The first-order valence-electron chi connectivity index (χ1n) is 6.47. The van der Waals surface area contributed by atoms with Gasteiger partial charge in [-0.1, -0.05) is 0 Å². The van der Waals surface area contributed by atoms with Crippen LogP contribution in [-0.4, -0.2) is 26.8 Å². The molecule has 0 saturated carbocycles. The third-order valence-corrected chi connectivity index (χ3v) is 3.89. The van der Waals surface area contributed by atoms with Crippen molar-refractivity contribution < 1.29 is 24.5 Å². The molecule has 0 saturated heterocycles. The molecule has 0 fully saturated rings. The standard InChI is InChI=1S/C14H8BrN3O7/c15-12-10(17(22)23)5-8(6-11(12)18(24)25)13(19)16-9-3-1-7(2-4-9)14(20)21/h1-6H,(H,16,19)(H,20,21). The van der Waals surface area contributed by atoms with Gasteiger partial charge in [0.25, 0.3) is 17.3 Å². The maximum absolute atomic E-state index is 12.2. The molecule has 0 aliphatic heterocycles. The predicted octanol–water partition coefficient (Wildman–Crippen LogP) is 3.22. The maximum atomic E-state index is 12.2. The van der Waals surface area contributed by atoms with E-state index >= 15 is 0 Å². The van der Waals surface area contributed by atoms with Gasteiger partial charge in [-0.25, -0.2) is 4.79 Å². The van der Waals surface area contributed by atoms with Gasteiger partial charge in [0.05, 0.1) is 21.0 Å². The minimum absolute atomic E-state index is 0.00733. The number of anilines is 1. The SMILES string of the molecule is O=C(O)c1ccc(NC(=O)c2cc([N+](=O)[O-])c(Br)c([N+](=O)[O-])c2)cc1. The van der Waals surface area contributed by atoms with Gasteiger partial charge in [0.1, 0.15) is 0 Å². The average molecular weight is 410 g/mol. The number of carbonyl (C=O) groups excluding carboxylic acids is 1. The second-order valence-electron chi connectivity index (χ2n) is 4.68. The fraction of sp³-hybridized carbons (Fsp3) is 0. The number of nitrogens with zero attached hydrogens (tertiary/aromatic N) is 2. The van der Waals surface area contributed by atoms with Crippen LogP contribution < -0.4 is 5.32 Å². The van der Waals surface area contributed by atoms with Crippen LogP contribution in [0.1, 0.15) is 20.7 Å². The summed E-state index contributed by atoms with van der Waals surface area (Å²) in [5.41, 5.74) is -1.30. The number of nitrogens with one attached hydrogen (secondary N) is 1. The number of rotatable bonds is 5. The Labute approximate surface area is 147 Å². The number of aromatic carboxylic acids is 1. The smallest absolute Gasteiger partial charge is 0.335 e. The fourth-order valence-electron chi connectivity index (χ4n) is 1.89. The van der Waals surface area contributed by atoms with Crippen LogP contribution in [-0.2, 0) is 0 Å². The number of carboxylic acids is 1. The van der Waals surface area contributed by atoms with Crippen LogP contribution in [0.2, 0.25) is 0 Å². The molecule has 0 aromatic heterocycles. The van der Waals surface area contributed by atoms with E-state index in [2.05, 4.69) is 21.2 Å². The summed E-state index contributed by atoms with van der Waals surface area (Å²) in [5, 5.41) is 33.2. The topological polar surface area (TPSA) is 153 Å². The number of amides is 1. The Morgan fingerprint density at radius 1 is 0.960 bits per heavy atom. The van der Waals surface area contributed by atoms with Crippen LogP contribution in [0, 0.1) is 20.2 Å². The molecule has 0 bridgehead atoms. The lowest BCUT2D eigenvalue weighted by Crippen LogP contribution is -2.13. The summed E-state index contributed by atoms with van der Waals surface area (Å²) in [5.74, 6) is -1.96. The van der Waals surface area contributed by atoms with Gasteiger partial charge >= 0.3 is 5.97 Å². The van der Waals surface area contributed by atoms with Gasteiger partial charge in [0.15, 0.2) is 4.47 Å². The zero-order valence-corrected chi connectivity index (χ0v) is 13.7. The largest absolute Gasteiger partial charge is 0.478 e. The van der Waals surface area contributed by atoms with Crippen molar-refractivity contribution in [2.45, 2.75) is 0 Å². The second-order valence-corrected chi connectivity index (χ2v) is 5.47. The van der Waals surface area contributed by atoms with Gasteiger partial charge in [-0.15, -0.1) is 0 Å². The van der Waals surface area contributed by atoms with Crippen LogP contribution >= 0.6 is 15.9 Å². The van der Waals surface area contributed by atoms with Gasteiger partial charge < -0.3 is 10.4 Å². The Morgan fingerprint density at radius 3 is 1.84 bits per heavy atom. The van der Waals surface area contributed by atoms with E-state index in [1.807, 2.05) is 0 Å². The van der Waals surface area contributed by atoms with E-state index in [1.165, 1.54) is 24.3 Å². The van der Waals surface area contributed by atoms with E-state index in [0.29, 0.717) is 0 Å². The van der Waals surface area contributed by atoms with Crippen molar-refractivity contribution in [2.75, 3.05) is 5.32 Å². The highest BCUT2D eigenvalue weighted by Crippen LogP contribution is 2.35. The summed E-state index contributed by atoms with van der Waals surface area (Å²) in [6, 6.07) is 6.96. The molecule has 0 unspecified atom stereocenters. The first-order chi connectivity index (χ1) is 11.7. The average Bonchev–Trinajstić information content (AvgIpc) is 2.54. The molecule has 2 aromatic rings. The molecule has 0 spiro atoms. The van der Waals surface area contributed by atoms with Crippen LogP contribution in [0.4, 0.5) is 17.1 Å². The van der Waals surface area contributed by atoms with Crippen molar-refractivity contribution in [3.05, 3.63) is 72.2 Å². The molecule has 2 aromatic carbocycles. The van der Waals surface area contributed by atoms with Crippen molar-refractivity contribution in [2.24, 2.45) is 0 Å². The van der Waals surface area contributed by atoms with Crippen molar-refractivity contribution in [3.8, 4) is 0 Å². The van der Waals surface area contributed by atoms with Gasteiger partial charge in [-0.3, -0.25) is 25.0 Å². The highest BCUT2D eigenvalue weighted by Gasteiger charge is 2.26. The van der Waals surface area contributed by atoms with Crippen molar-refractivity contribution >= 4 is 44.9 Å². The third kappa shape index (κ3) is 3.95. The van der Waals surface area contributed by atoms with Crippen molar-refractivity contribution in [1.82, 2.24) is 0 Å². The van der Waals surface area contributed by atoms with Crippen molar-refractivity contribution in [3.63, 3.8) is 0 Å². The Bertz CT molecular complexity index is 861. The van der Waals surface area contributed by atoms with Gasteiger partial charge in [-0.05, 0) is 40.2 Å². The number of hydrogen-bond donors (Lipinski definition) is 2. The molecular formula is C14H8BrN3O7.